The van der Waals surface area contributed by atoms with Crippen molar-refractivity contribution < 1.29 is 13.2 Å². The van der Waals surface area contributed by atoms with Gasteiger partial charge in [0.05, 0.1) is 23.7 Å². The molecule has 0 bridgehead atoms. The molecule has 0 aliphatic heterocycles. The molecule has 0 saturated carbocycles. The first-order valence-electron chi connectivity index (χ1n) is 8.73. The van der Waals surface area contributed by atoms with Crippen molar-refractivity contribution in [2.24, 2.45) is 0 Å². The molecule has 0 heterocycles. The highest BCUT2D eigenvalue weighted by atomic mass is 32.2. The standard InChI is InChI=1S/C22H23NO3S/c1-17-9-7-10-19(15-17)18(2)23(20-11-8-12-21(16-20)26-3)27(24,25)22-13-5-4-6-14-22/h4-16,18H,1-3H3/t18-/m1/s1. The fourth-order valence-corrected chi connectivity index (χ4v) is 4.75. The highest BCUT2D eigenvalue weighted by Gasteiger charge is 2.30. The van der Waals surface area contributed by atoms with Crippen LogP contribution in [-0.4, -0.2) is 15.5 Å². The van der Waals surface area contributed by atoms with Crippen LogP contribution in [0.2, 0.25) is 0 Å². The maximum absolute atomic E-state index is 13.5. The maximum atomic E-state index is 13.5. The van der Waals surface area contributed by atoms with Gasteiger partial charge in [0.1, 0.15) is 5.75 Å². The maximum Gasteiger partial charge on any atom is 0.264 e. The minimum absolute atomic E-state index is 0.257. The van der Waals surface area contributed by atoms with Crippen LogP contribution in [0, 0.1) is 6.92 Å². The van der Waals surface area contributed by atoms with E-state index in [0.717, 1.165) is 11.1 Å². The molecule has 0 N–H and O–H groups in total. The Morgan fingerprint density at radius 2 is 1.59 bits per heavy atom. The van der Waals surface area contributed by atoms with Gasteiger partial charge in [-0.15, -0.1) is 0 Å². The van der Waals surface area contributed by atoms with E-state index in [1.807, 2.05) is 38.1 Å². The number of hydrogen-bond donors (Lipinski definition) is 0. The Balaban J connectivity index is 2.17. The first-order chi connectivity index (χ1) is 12.9. The lowest BCUT2D eigenvalue weighted by Gasteiger charge is -2.31. The van der Waals surface area contributed by atoms with Crippen LogP contribution in [0.25, 0.3) is 0 Å². The fraction of sp³-hybridized carbons (Fsp3) is 0.182. The lowest BCUT2D eigenvalue weighted by Crippen LogP contribution is -2.33. The molecular formula is C22H23NO3S. The van der Waals surface area contributed by atoms with E-state index < -0.39 is 10.0 Å². The first-order valence-corrected chi connectivity index (χ1v) is 10.2. The van der Waals surface area contributed by atoms with Crippen molar-refractivity contribution in [1.29, 1.82) is 0 Å². The second-order valence-corrected chi connectivity index (χ2v) is 8.22. The van der Waals surface area contributed by atoms with Crippen molar-refractivity contribution in [3.8, 4) is 5.75 Å². The van der Waals surface area contributed by atoms with Crippen LogP contribution in [0.5, 0.6) is 5.75 Å². The van der Waals surface area contributed by atoms with Crippen molar-refractivity contribution in [3.05, 3.63) is 90.0 Å². The van der Waals surface area contributed by atoms with Gasteiger partial charge in [-0.05, 0) is 43.7 Å². The predicted octanol–water partition coefficient (Wildman–Crippen LogP) is 4.96. The zero-order valence-electron chi connectivity index (χ0n) is 15.7. The zero-order chi connectivity index (χ0) is 19.4. The molecule has 0 radical (unpaired) electrons. The molecule has 4 nitrogen and oxygen atoms in total. The highest BCUT2D eigenvalue weighted by Crippen LogP contribution is 2.35. The lowest BCUT2D eigenvalue weighted by atomic mass is 10.1. The highest BCUT2D eigenvalue weighted by molar-refractivity contribution is 7.92. The van der Waals surface area contributed by atoms with Crippen LogP contribution in [-0.2, 0) is 10.0 Å². The van der Waals surface area contributed by atoms with E-state index in [1.165, 1.54) is 4.31 Å². The molecule has 0 aliphatic rings. The van der Waals surface area contributed by atoms with Crippen LogP contribution in [0.15, 0.2) is 83.8 Å². The van der Waals surface area contributed by atoms with Gasteiger partial charge >= 0.3 is 0 Å². The summed E-state index contributed by atoms with van der Waals surface area (Å²) in [5.74, 6) is 0.609. The van der Waals surface area contributed by atoms with Crippen molar-refractivity contribution in [2.45, 2.75) is 24.8 Å². The van der Waals surface area contributed by atoms with Crippen LogP contribution >= 0.6 is 0 Å². The van der Waals surface area contributed by atoms with Crippen LogP contribution in [0.4, 0.5) is 5.69 Å². The number of benzene rings is 3. The van der Waals surface area contributed by atoms with E-state index in [9.17, 15) is 8.42 Å². The Kier molecular flexibility index (Phi) is 5.51. The zero-order valence-corrected chi connectivity index (χ0v) is 16.5. The molecule has 0 aromatic heterocycles. The minimum Gasteiger partial charge on any atom is -0.497 e. The van der Waals surface area contributed by atoms with Crippen molar-refractivity contribution >= 4 is 15.7 Å². The monoisotopic (exact) mass is 381 g/mol. The SMILES string of the molecule is COc1cccc(N([C@H](C)c2cccc(C)c2)S(=O)(=O)c2ccccc2)c1. The average molecular weight is 381 g/mol. The number of hydrogen-bond acceptors (Lipinski definition) is 3. The number of methoxy groups -OCH3 is 1. The third-order valence-electron chi connectivity index (χ3n) is 4.48. The Hall–Kier alpha value is -2.79. The minimum atomic E-state index is -3.76. The molecule has 0 amide bonds. The van der Waals surface area contributed by atoms with E-state index in [2.05, 4.69) is 0 Å². The van der Waals surface area contributed by atoms with Gasteiger partial charge in [-0.1, -0.05) is 54.1 Å². The van der Waals surface area contributed by atoms with E-state index in [1.54, 1.807) is 61.7 Å². The Morgan fingerprint density at radius 1 is 0.889 bits per heavy atom. The van der Waals surface area contributed by atoms with Gasteiger partial charge in [-0.2, -0.15) is 0 Å². The first kappa shape index (κ1) is 19.0. The molecule has 5 heteroatoms. The van der Waals surface area contributed by atoms with Gasteiger partial charge < -0.3 is 4.74 Å². The van der Waals surface area contributed by atoms with Gasteiger partial charge in [0.25, 0.3) is 10.0 Å². The summed E-state index contributed by atoms with van der Waals surface area (Å²) in [6, 6.07) is 23.1. The number of aryl methyl sites for hydroxylation is 1. The van der Waals surface area contributed by atoms with Gasteiger partial charge in [-0.25, -0.2) is 8.42 Å². The summed E-state index contributed by atoms with van der Waals surface area (Å²) in [4.78, 5) is 0.257. The fourth-order valence-electron chi connectivity index (χ4n) is 3.09. The Bertz CT molecular complexity index is 1020. The number of ether oxygens (including phenoxy) is 1. The molecule has 0 fully saturated rings. The summed E-state index contributed by atoms with van der Waals surface area (Å²) in [5, 5.41) is 0. The smallest absolute Gasteiger partial charge is 0.264 e. The van der Waals surface area contributed by atoms with Crippen LogP contribution in [0.3, 0.4) is 0 Å². The quantitative estimate of drug-likeness (QED) is 0.606. The third kappa shape index (κ3) is 3.98. The number of nitrogens with zero attached hydrogens (tertiary/aromatic N) is 1. The summed E-state index contributed by atoms with van der Waals surface area (Å²) < 4.78 is 33.8. The number of anilines is 1. The molecule has 3 aromatic carbocycles. The van der Waals surface area contributed by atoms with Crippen molar-refractivity contribution in [1.82, 2.24) is 0 Å². The Labute approximate surface area is 161 Å². The number of rotatable bonds is 6. The molecule has 1 atom stereocenters. The molecule has 140 valence electrons. The van der Waals surface area contributed by atoms with E-state index in [-0.39, 0.29) is 10.9 Å². The molecule has 0 saturated heterocycles. The van der Waals surface area contributed by atoms with Crippen molar-refractivity contribution in [2.75, 3.05) is 11.4 Å². The summed E-state index contributed by atoms with van der Waals surface area (Å²) in [7, 11) is -2.19. The molecule has 3 aromatic rings. The summed E-state index contributed by atoms with van der Waals surface area (Å²) in [6.07, 6.45) is 0. The number of sulfonamides is 1. The van der Waals surface area contributed by atoms with E-state index in [4.69, 9.17) is 4.74 Å². The largest absolute Gasteiger partial charge is 0.497 e. The van der Waals surface area contributed by atoms with E-state index in [0.29, 0.717) is 11.4 Å². The van der Waals surface area contributed by atoms with Crippen molar-refractivity contribution in [3.63, 3.8) is 0 Å². The molecule has 0 spiro atoms. The molecule has 27 heavy (non-hydrogen) atoms. The summed E-state index contributed by atoms with van der Waals surface area (Å²) in [6.45, 7) is 3.90. The molecular weight excluding hydrogens is 358 g/mol. The van der Waals surface area contributed by atoms with Gasteiger partial charge in [-0.3, -0.25) is 4.31 Å². The molecule has 0 unspecified atom stereocenters. The second-order valence-electron chi connectivity index (χ2n) is 6.41. The van der Waals surface area contributed by atoms with Gasteiger partial charge in [0.2, 0.25) is 0 Å². The molecule has 0 aliphatic carbocycles. The van der Waals surface area contributed by atoms with Gasteiger partial charge in [0.15, 0.2) is 0 Å². The normalized spacial score (nSPS) is 12.4. The predicted molar refractivity (Wildman–Crippen MR) is 109 cm³/mol. The van der Waals surface area contributed by atoms with Gasteiger partial charge in [0, 0.05) is 6.07 Å². The second kappa shape index (κ2) is 7.84. The van der Waals surface area contributed by atoms with Crippen LogP contribution in [0.1, 0.15) is 24.1 Å². The lowest BCUT2D eigenvalue weighted by molar-refractivity contribution is 0.415. The summed E-state index contributed by atoms with van der Waals surface area (Å²) >= 11 is 0. The average Bonchev–Trinajstić information content (AvgIpc) is 2.69. The van der Waals surface area contributed by atoms with E-state index >= 15 is 0 Å². The third-order valence-corrected chi connectivity index (χ3v) is 6.40. The molecule has 3 rings (SSSR count). The topological polar surface area (TPSA) is 46.6 Å². The van der Waals surface area contributed by atoms with Crippen LogP contribution < -0.4 is 9.04 Å². The Morgan fingerprint density at radius 3 is 2.26 bits per heavy atom. The summed E-state index contributed by atoms with van der Waals surface area (Å²) in [5.41, 5.74) is 2.58.